The van der Waals surface area contributed by atoms with Crippen molar-refractivity contribution in [3.63, 3.8) is 0 Å². The van der Waals surface area contributed by atoms with Crippen LogP contribution in [0.25, 0.3) is 0 Å². The molecule has 0 N–H and O–H groups in total. The van der Waals surface area contributed by atoms with Crippen LogP contribution in [0.4, 0.5) is 0 Å². The maximum absolute atomic E-state index is 11.3. The van der Waals surface area contributed by atoms with Gasteiger partial charge in [-0.1, -0.05) is 15.9 Å². The Morgan fingerprint density at radius 3 is 2.88 bits per heavy atom. The smallest absolute Gasteiger partial charge is 0.347 e. The molecule has 1 heterocycles. The summed E-state index contributed by atoms with van der Waals surface area (Å²) in [6, 6.07) is 3.50. The summed E-state index contributed by atoms with van der Waals surface area (Å²) in [7, 11) is 0. The van der Waals surface area contributed by atoms with Crippen molar-refractivity contribution >= 4 is 28.2 Å². The second-order valence-electron chi connectivity index (χ2n) is 3.82. The second kappa shape index (κ2) is 4.87. The fourth-order valence-electron chi connectivity index (χ4n) is 1.73. The normalized spacial score (nSPS) is 18.9. The lowest BCUT2D eigenvalue weighted by molar-refractivity contribution is -0.143. The van der Waals surface area contributed by atoms with E-state index < -0.39 is 6.10 Å². The number of hydrogen-bond donors (Lipinski definition) is 0. The van der Waals surface area contributed by atoms with Gasteiger partial charge in [0.2, 0.25) is 0 Å². The van der Waals surface area contributed by atoms with Gasteiger partial charge in [0.05, 0.1) is 12.2 Å². The van der Waals surface area contributed by atoms with Crippen LogP contribution >= 0.6 is 15.9 Å². The van der Waals surface area contributed by atoms with Gasteiger partial charge in [-0.05, 0) is 24.6 Å². The number of carbonyl (C=O) groups is 2. The van der Waals surface area contributed by atoms with Crippen molar-refractivity contribution in [1.82, 2.24) is 0 Å². The molecule has 0 aliphatic carbocycles. The zero-order valence-electron chi connectivity index (χ0n) is 9.23. The van der Waals surface area contributed by atoms with Crippen LogP contribution < -0.4 is 4.74 Å². The topological polar surface area (TPSA) is 52.6 Å². The van der Waals surface area contributed by atoms with Crippen LogP contribution in [0.5, 0.6) is 5.75 Å². The Labute approximate surface area is 107 Å². The molecule has 2 rings (SSSR count). The highest BCUT2D eigenvalue weighted by Gasteiger charge is 2.29. The lowest BCUT2D eigenvalue weighted by Gasteiger charge is -2.14. The Kier molecular flexibility index (Phi) is 3.47. The Balaban J connectivity index is 2.31. The van der Waals surface area contributed by atoms with Crippen LogP contribution in [-0.4, -0.2) is 25.0 Å². The van der Waals surface area contributed by atoms with E-state index in [0.717, 1.165) is 10.0 Å². The zero-order chi connectivity index (χ0) is 12.4. The summed E-state index contributed by atoms with van der Waals surface area (Å²) in [6.45, 7) is 2.20. The summed E-state index contributed by atoms with van der Waals surface area (Å²) in [6.07, 6.45) is 0.633. The molecule has 1 atom stereocenters. The summed E-state index contributed by atoms with van der Waals surface area (Å²) in [5.74, 6) is 0.0798. The molecule has 90 valence electrons. The number of halogens is 1. The van der Waals surface area contributed by atoms with E-state index in [2.05, 4.69) is 15.9 Å². The van der Waals surface area contributed by atoms with E-state index in [-0.39, 0.29) is 5.97 Å². The summed E-state index contributed by atoms with van der Waals surface area (Å²) < 4.78 is 11.2. The minimum absolute atomic E-state index is 0.371. The molecule has 4 nitrogen and oxygen atoms in total. The highest BCUT2D eigenvalue weighted by molar-refractivity contribution is 9.10. The Morgan fingerprint density at radius 2 is 2.29 bits per heavy atom. The Hall–Kier alpha value is -1.36. The quantitative estimate of drug-likeness (QED) is 0.634. The van der Waals surface area contributed by atoms with Crippen LogP contribution in [-0.2, 0) is 9.53 Å². The minimum Gasteiger partial charge on any atom is -0.478 e. The number of aldehydes is 1. The molecule has 1 unspecified atom stereocenters. The molecule has 0 aromatic heterocycles. The van der Waals surface area contributed by atoms with Gasteiger partial charge in [-0.15, -0.1) is 0 Å². The first kappa shape index (κ1) is 12.1. The molecule has 0 amide bonds. The zero-order valence-corrected chi connectivity index (χ0v) is 10.8. The van der Waals surface area contributed by atoms with Crippen LogP contribution in [0, 0.1) is 6.92 Å². The highest BCUT2D eigenvalue weighted by atomic mass is 79.9. The van der Waals surface area contributed by atoms with Crippen LogP contribution in [0.15, 0.2) is 16.6 Å². The highest BCUT2D eigenvalue weighted by Crippen LogP contribution is 2.29. The van der Waals surface area contributed by atoms with E-state index in [0.29, 0.717) is 30.6 Å². The van der Waals surface area contributed by atoms with Crippen molar-refractivity contribution in [2.75, 3.05) is 6.61 Å². The van der Waals surface area contributed by atoms with E-state index >= 15 is 0 Å². The molecule has 0 spiro atoms. The molecule has 5 heteroatoms. The molecule has 0 radical (unpaired) electrons. The van der Waals surface area contributed by atoms with Gasteiger partial charge in [0.1, 0.15) is 5.75 Å². The van der Waals surface area contributed by atoms with Gasteiger partial charge in [0, 0.05) is 10.9 Å². The first-order chi connectivity index (χ1) is 8.11. The Morgan fingerprint density at radius 1 is 1.53 bits per heavy atom. The number of ether oxygens (including phenoxy) is 2. The molecular weight excluding hydrogens is 288 g/mol. The lowest BCUT2D eigenvalue weighted by Crippen LogP contribution is -2.22. The molecule has 1 aromatic rings. The van der Waals surface area contributed by atoms with Gasteiger partial charge in [-0.25, -0.2) is 4.79 Å². The first-order valence-corrected chi connectivity index (χ1v) is 5.99. The van der Waals surface area contributed by atoms with Crippen LogP contribution in [0.1, 0.15) is 22.3 Å². The number of cyclic esters (lactones) is 1. The SMILES string of the molecule is Cc1cc(Br)cc(C=O)c1OC1CCOC1=O. The van der Waals surface area contributed by atoms with Gasteiger partial charge in [-0.3, -0.25) is 4.79 Å². The lowest BCUT2D eigenvalue weighted by atomic mass is 10.1. The third-order valence-electron chi connectivity index (χ3n) is 2.54. The number of hydrogen-bond acceptors (Lipinski definition) is 4. The minimum atomic E-state index is -0.603. The molecule has 1 aliphatic heterocycles. The summed E-state index contributed by atoms with van der Waals surface area (Å²) in [5.41, 5.74) is 1.23. The maximum Gasteiger partial charge on any atom is 0.347 e. The van der Waals surface area contributed by atoms with Gasteiger partial charge >= 0.3 is 5.97 Å². The molecule has 0 bridgehead atoms. The van der Waals surface area contributed by atoms with Crippen molar-refractivity contribution in [2.45, 2.75) is 19.4 Å². The monoisotopic (exact) mass is 298 g/mol. The standard InChI is InChI=1S/C12H11BrO4/c1-7-4-9(13)5-8(6-14)11(7)17-10-2-3-16-12(10)15/h4-6,10H,2-3H2,1H3. The molecule has 1 aromatic carbocycles. The van der Waals surface area contributed by atoms with Crippen molar-refractivity contribution in [1.29, 1.82) is 0 Å². The van der Waals surface area contributed by atoms with Crippen molar-refractivity contribution in [3.05, 3.63) is 27.7 Å². The fraction of sp³-hybridized carbons (Fsp3) is 0.333. The van der Waals surface area contributed by atoms with Gasteiger partial charge < -0.3 is 9.47 Å². The number of rotatable bonds is 3. The van der Waals surface area contributed by atoms with E-state index in [1.54, 1.807) is 6.07 Å². The van der Waals surface area contributed by atoms with Crippen molar-refractivity contribution in [2.24, 2.45) is 0 Å². The van der Waals surface area contributed by atoms with E-state index in [9.17, 15) is 9.59 Å². The van der Waals surface area contributed by atoms with Crippen molar-refractivity contribution in [3.8, 4) is 5.75 Å². The average molecular weight is 299 g/mol. The van der Waals surface area contributed by atoms with E-state index in [1.165, 1.54) is 0 Å². The number of benzene rings is 1. The predicted octanol–water partition coefficient (Wildman–Crippen LogP) is 2.26. The molecule has 1 saturated heterocycles. The molecule has 1 aliphatic rings. The molecule has 17 heavy (non-hydrogen) atoms. The van der Waals surface area contributed by atoms with Crippen LogP contribution in [0.2, 0.25) is 0 Å². The first-order valence-electron chi connectivity index (χ1n) is 5.20. The van der Waals surface area contributed by atoms with E-state index in [4.69, 9.17) is 9.47 Å². The summed E-state index contributed by atoms with van der Waals surface area (Å²) >= 11 is 3.31. The molecule has 1 fully saturated rings. The molecule has 0 saturated carbocycles. The third kappa shape index (κ3) is 2.49. The Bertz CT molecular complexity index is 470. The average Bonchev–Trinajstić information content (AvgIpc) is 2.68. The van der Waals surface area contributed by atoms with E-state index in [1.807, 2.05) is 13.0 Å². The number of esters is 1. The van der Waals surface area contributed by atoms with Gasteiger partial charge in [0.15, 0.2) is 12.4 Å². The third-order valence-corrected chi connectivity index (χ3v) is 3.00. The summed E-state index contributed by atoms with van der Waals surface area (Å²) in [5, 5.41) is 0. The number of aryl methyl sites for hydroxylation is 1. The predicted molar refractivity (Wildman–Crippen MR) is 64.3 cm³/mol. The maximum atomic E-state index is 11.3. The fourth-order valence-corrected chi connectivity index (χ4v) is 2.32. The second-order valence-corrected chi connectivity index (χ2v) is 4.74. The van der Waals surface area contributed by atoms with Gasteiger partial charge in [0.25, 0.3) is 0 Å². The summed E-state index contributed by atoms with van der Waals surface area (Å²) in [4.78, 5) is 22.3. The van der Waals surface area contributed by atoms with Crippen LogP contribution in [0.3, 0.4) is 0 Å². The number of carbonyl (C=O) groups excluding carboxylic acids is 2. The largest absolute Gasteiger partial charge is 0.478 e. The van der Waals surface area contributed by atoms with Crippen molar-refractivity contribution < 1.29 is 19.1 Å². The molecular formula is C12H11BrO4. The van der Waals surface area contributed by atoms with Gasteiger partial charge in [-0.2, -0.15) is 0 Å².